The predicted octanol–water partition coefficient (Wildman–Crippen LogP) is 2.75. The highest BCUT2D eigenvalue weighted by Gasteiger charge is 2.34. The zero-order chi connectivity index (χ0) is 12.6. The van der Waals surface area contributed by atoms with Gasteiger partial charge in [0.2, 0.25) is 5.82 Å². The van der Waals surface area contributed by atoms with Crippen molar-refractivity contribution >= 4 is 15.9 Å². The monoisotopic (exact) mass is 306 g/mol. The summed E-state index contributed by atoms with van der Waals surface area (Å²) >= 11 is 3.14. The van der Waals surface area contributed by atoms with E-state index in [4.69, 9.17) is 0 Å². The molecular weight excluding hydrogens is 301 g/mol. The first kappa shape index (κ1) is 12.0. The SMILES string of the molecule is Cc1cc(Br)nn1-c1ccnc(C(F)(F)F)n1. The molecule has 0 aromatic carbocycles. The second kappa shape index (κ2) is 4.10. The quantitative estimate of drug-likeness (QED) is 0.813. The molecule has 0 N–H and O–H groups in total. The maximum atomic E-state index is 12.4. The molecule has 8 heteroatoms. The lowest BCUT2D eigenvalue weighted by Gasteiger charge is -2.07. The second-order valence-electron chi connectivity index (χ2n) is 3.26. The van der Waals surface area contributed by atoms with Gasteiger partial charge in [0, 0.05) is 18.0 Å². The molecule has 0 spiro atoms. The fraction of sp³-hybridized carbons (Fsp3) is 0.222. The third-order valence-corrected chi connectivity index (χ3v) is 2.36. The van der Waals surface area contributed by atoms with Gasteiger partial charge < -0.3 is 0 Å². The summed E-state index contributed by atoms with van der Waals surface area (Å²) in [5.41, 5.74) is 0.670. The van der Waals surface area contributed by atoms with E-state index in [1.54, 1.807) is 13.0 Å². The van der Waals surface area contributed by atoms with Crippen LogP contribution >= 0.6 is 15.9 Å². The van der Waals surface area contributed by atoms with E-state index in [2.05, 4.69) is 31.0 Å². The molecule has 0 amide bonds. The van der Waals surface area contributed by atoms with Crippen molar-refractivity contribution in [2.24, 2.45) is 0 Å². The molecule has 0 unspecified atom stereocenters. The van der Waals surface area contributed by atoms with Gasteiger partial charge >= 0.3 is 6.18 Å². The number of aryl methyl sites for hydroxylation is 1. The molecule has 2 aromatic heterocycles. The molecule has 0 aliphatic carbocycles. The Morgan fingerprint density at radius 2 is 2.06 bits per heavy atom. The molecule has 0 fully saturated rings. The summed E-state index contributed by atoms with van der Waals surface area (Å²) in [5.74, 6) is -1.10. The standard InChI is InChI=1S/C9H6BrF3N4/c1-5-4-6(10)16-17(5)7-2-3-14-8(15-7)9(11,12)13/h2-4H,1H3. The number of nitrogens with zero attached hydrogens (tertiary/aromatic N) is 4. The van der Waals surface area contributed by atoms with Gasteiger partial charge in [0.15, 0.2) is 5.82 Å². The van der Waals surface area contributed by atoms with Crippen LogP contribution in [-0.2, 0) is 6.18 Å². The first-order valence-electron chi connectivity index (χ1n) is 4.51. The Hall–Kier alpha value is -1.44. The summed E-state index contributed by atoms with van der Waals surface area (Å²) in [4.78, 5) is 6.62. The van der Waals surface area contributed by atoms with Gasteiger partial charge in [-0.2, -0.15) is 18.3 Å². The van der Waals surface area contributed by atoms with E-state index in [1.165, 1.54) is 10.7 Å². The highest BCUT2D eigenvalue weighted by molar-refractivity contribution is 9.10. The normalized spacial score (nSPS) is 11.8. The highest BCUT2D eigenvalue weighted by atomic mass is 79.9. The number of aromatic nitrogens is 4. The number of hydrogen-bond donors (Lipinski definition) is 0. The van der Waals surface area contributed by atoms with Gasteiger partial charge in [0.05, 0.1) is 0 Å². The Morgan fingerprint density at radius 3 is 2.59 bits per heavy atom. The van der Waals surface area contributed by atoms with E-state index in [0.717, 1.165) is 6.20 Å². The smallest absolute Gasteiger partial charge is 0.233 e. The maximum absolute atomic E-state index is 12.4. The Kier molecular flexibility index (Phi) is 2.90. The maximum Gasteiger partial charge on any atom is 0.451 e. The van der Waals surface area contributed by atoms with E-state index in [-0.39, 0.29) is 5.82 Å². The van der Waals surface area contributed by atoms with Crippen molar-refractivity contribution in [3.05, 3.63) is 34.5 Å². The molecule has 4 nitrogen and oxygen atoms in total. The fourth-order valence-electron chi connectivity index (χ4n) is 1.27. The van der Waals surface area contributed by atoms with Crippen LogP contribution in [0, 0.1) is 6.92 Å². The molecule has 0 aliphatic heterocycles. The van der Waals surface area contributed by atoms with Crippen molar-refractivity contribution in [1.82, 2.24) is 19.7 Å². The average Bonchev–Trinajstić information content (AvgIpc) is 2.57. The minimum Gasteiger partial charge on any atom is -0.233 e. The van der Waals surface area contributed by atoms with E-state index < -0.39 is 12.0 Å². The summed E-state index contributed by atoms with van der Waals surface area (Å²) in [5, 5.41) is 3.98. The van der Waals surface area contributed by atoms with Crippen LogP contribution in [0.5, 0.6) is 0 Å². The molecule has 0 atom stereocenters. The van der Waals surface area contributed by atoms with Gasteiger partial charge in [0.1, 0.15) is 4.60 Å². The predicted molar refractivity (Wildman–Crippen MR) is 56.6 cm³/mol. The summed E-state index contributed by atoms with van der Waals surface area (Å²) < 4.78 is 39.1. The second-order valence-corrected chi connectivity index (χ2v) is 4.07. The number of hydrogen-bond acceptors (Lipinski definition) is 3. The Labute approximate surface area is 103 Å². The van der Waals surface area contributed by atoms with E-state index in [9.17, 15) is 13.2 Å². The van der Waals surface area contributed by atoms with E-state index >= 15 is 0 Å². The summed E-state index contributed by atoms with van der Waals surface area (Å²) in [6.07, 6.45) is -3.51. The molecule has 0 bridgehead atoms. The van der Waals surface area contributed by atoms with Crippen LogP contribution in [0.25, 0.3) is 5.82 Å². The molecule has 0 saturated carbocycles. The van der Waals surface area contributed by atoms with Crippen LogP contribution < -0.4 is 0 Å². The Bertz CT molecular complexity index is 549. The Morgan fingerprint density at radius 1 is 1.35 bits per heavy atom. The molecule has 0 saturated heterocycles. The van der Waals surface area contributed by atoms with E-state index in [1.807, 2.05) is 0 Å². The fourth-order valence-corrected chi connectivity index (χ4v) is 1.76. The third-order valence-electron chi connectivity index (χ3n) is 1.97. The summed E-state index contributed by atoms with van der Waals surface area (Å²) in [7, 11) is 0. The molecular formula is C9H6BrF3N4. The summed E-state index contributed by atoms with van der Waals surface area (Å²) in [6.45, 7) is 1.72. The molecule has 90 valence electrons. The molecule has 0 aliphatic rings. The lowest BCUT2D eigenvalue weighted by molar-refractivity contribution is -0.145. The van der Waals surface area contributed by atoms with Crippen LogP contribution in [0.4, 0.5) is 13.2 Å². The third kappa shape index (κ3) is 2.46. The topological polar surface area (TPSA) is 43.6 Å². The summed E-state index contributed by atoms with van der Waals surface area (Å²) in [6, 6.07) is 3.04. The number of rotatable bonds is 1. The molecule has 2 aromatic rings. The zero-order valence-electron chi connectivity index (χ0n) is 8.53. The van der Waals surface area contributed by atoms with Crippen molar-refractivity contribution in [1.29, 1.82) is 0 Å². The van der Waals surface area contributed by atoms with Crippen molar-refractivity contribution in [2.45, 2.75) is 13.1 Å². The molecule has 17 heavy (non-hydrogen) atoms. The minimum absolute atomic E-state index is 0.0792. The van der Waals surface area contributed by atoms with Gasteiger partial charge in [-0.3, -0.25) is 0 Å². The molecule has 2 heterocycles. The van der Waals surface area contributed by atoms with Gasteiger partial charge in [-0.25, -0.2) is 14.6 Å². The zero-order valence-corrected chi connectivity index (χ0v) is 10.1. The van der Waals surface area contributed by atoms with Crippen molar-refractivity contribution in [2.75, 3.05) is 0 Å². The Balaban J connectivity index is 2.50. The van der Waals surface area contributed by atoms with Crippen molar-refractivity contribution in [3.63, 3.8) is 0 Å². The number of halogens is 4. The van der Waals surface area contributed by atoms with Crippen molar-refractivity contribution < 1.29 is 13.2 Å². The van der Waals surface area contributed by atoms with Gasteiger partial charge in [-0.1, -0.05) is 0 Å². The van der Waals surface area contributed by atoms with Gasteiger partial charge in [-0.05, 0) is 28.9 Å². The lowest BCUT2D eigenvalue weighted by atomic mass is 10.4. The first-order chi connectivity index (χ1) is 7.88. The molecule has 0 radical (unpaired) electrons. The van der Waals surface area contributed by atoms with Gasteiger partial charge in [0.25, 0.3) is 0 Å². The highest BCUT2D eigenvalue weighted by Crippen LogP contribution is 2.26. The minimum atomic E-state index is -4.56. The van der Waals surface area contributed by atoms with Crippen LogP contribution in [0.15, 0.2) is 22.9 Å². The van der Waals surface area contributed by atoms with Crippen LogP contribution in [0.3, 0.4) is 0 Å². The molecule has 2 rings (SSSR count). The average molecular weight is 307 g/mol. The van der Waals surface area contributed by atoms with Gasteiger partial charge in [-0.15, -0.1) is 0 Å². The first-order valence-corrected chi connectivity index (χ1v) is 5.30. The largest absolute Gasteiger partial charge is 0.451 e. The van der Waals surface area contributed by atoms with Crippen molar-refractivity contribution in [3.8, 4) is 5.82 Å². The lowest BCUT2D eigenvalue weighted by Crippen LogP contribution is -2.13. The van der Waals surface area contributed by atoms with Crippen LogP contribution in [-0.4, -0.2) is 19.7 Å². The van der Waals surface area contributed by atoms with E-state index in [0.29, 0.717) is 10.3 Å². The van der Waals surface area contributed by atoms with Crippen LogP contribution in [0.2, 0.25) is 0 Å². The number of alkyl halides is 3. The van der Waals surface area contributed by atoms with Crippen LogP contribution in [0.1, 0.15) is 11.5 Å².